The molecule has 0 saturated carbocycles. The normalized spacial score (nSPS) is 11.8. The van der Waals surface area contributed by atoms with Gasteiger partial charge in [0.1, 0.15) is 12.4 Å². The van der Waals surface area contributed by atoms with Gasteiger partial charge in [-0.1, -0.05) is 72.6 Å². The number of benzene rings is 3. The third kappa shape index (κ3) is 10.6. The van der Waals surface area contributed by atoms with Crippen LogP contribution in [0.15, 0.2) is 78.9 Å². The van der Waals surface area contributed by atoms with E-state index in [9.17, 15) is 9.59 Å². The van der Waals surface area contributed by atoms with Gasteiger partial charge in [0, 0.05) is 17.0 Å². The topological polar surface area (TPSA) is 61.8 Å². The van der Waals surface area contributed by atoms with Crippen molar-refractivity contribution < 1.29 is 23.8 Å². The standard InChI is InChI=1S/C33H37ClO5/c1-3-37-32(35)12-8-5-9-25(23-26-14-19-29(20-15-26)33(36)38-4-2)13-18-28-10-6-7-11-31(28)39-24-27-16-21-30(34)22-17-27/h6-7,10-11,13-22,25H,3-5,8-9,12,23-24H2,1-2H3. The Morgan fingerprint density at radius 1 is 0.846 bits per heavy atom. The predicted octanol–water partition coefficient (Wildman–Crippen LogP) is 8.09. The van der Waals surface area contributed by atoms with Crippen molar-refractivity contribution >= 4 is 29.6 Å². The Morgan fingerprint density at radius 3 is 2.26 bits per heavy atom. The summed E-state index contributed by atoms with van der Waals surface area (Å²) in [7, 11) is 0. The minimum atomic E-state index is -0.310. The van der Waals surface area contributed by atoms with E-state index in [0.717, 1.165) is 48.1 Å². The van der Waals surface area contributed by atoms with Crippen LogP contribution in [-0.2, 0) is 27.3 Å². The van der Waals surface area contributed by atoms with Crippen molar-refractivity contribution in [2.45, 2.75) is 52.6 Å². The maximum absolute atomic E-state index is 12.0. The maximum Gasteiger partial charge on any atom is 0.338 e. The molecule has 1 atom stereocenters. The molecule has 3 rings (SSSR count). The van der Waals surface area contributed by atoms with Gasteiger partial charge in [0.05, 0.1) is 18.8 Å². The summed E-state index contributed by atoms with van der Waals surface area (Å²) in [6, 6.07) is 23.2. The minimum Gasteiger partial charge on any atom is -0.488 e. The lowest BCUT2D eigenvalue weighted by Gasteiger charge is -2.14. The Balaban J connectivity index is 1.69. The zero-order valence-corrected chi connectivity index (χ0v) is 23.5. The Kier molecular flexibility index (Phi) is 12.6. The van der Waals surface area contributed by atoms with E-state index in [2.05, 4.69) is 12.2 Å². The zero-order valence-electron chi connectivity index (χ0n) is 22.7. The molecule has 3 aromatic rings. The lowest BCUT2D eigenvalue weighted by Crippen LogP contribution is -2.06. The molecular formula is C33H37ClO5. The molecule has 0 fully saturated rings. The average Bonchev–Trinajstić information content (AvgIpc) is 2.94. The molecule has 0 N–H and O–H groups in total. The van der Waals surface area contributed by atoms with Gasteiger partial charge < -0.3 is 14.2 Å². The van der Waals surface area contributed by atoms with Gasteiger partial charge in [-0.2, -0.15) is 0 Å². The fourth-order valence-electron chi connectivity index (χ4n) is 4.20. The second kappa shape index (κ2) is 16.4. The number of carbonyl (C=O) groups is 2. The van der Waals surface area contributed by atoms with E-state index in [1.165, 1.54) is 0 Å². The third-order valence-corrected chi connectivity index (χ3v) is 6.50. The van der Waals surface area contributed by atoms with Crippen molar-refractivity contribution in [3.8, 4) is 5.75 Å². The summed E-state index contributed by atoms with van der Waals surface area (Å²) in [5.74, 6) is 0.592. The van der Waals surface area contributed by atoms with Gasteiger partial charge in [0.15, 0.2) is 0 Å². The summed E-state index contributed by atoms with van der Waals surface area (Å²) >= 11 is 6.00. The van der Waals surface area contributed by atoms with Crippen molar-refractivity contribution in [2.24, 2.45) is 5.92 Å². The number of hydrogen-bond acceptors (Lipinski definition) is 5. The molecule has 0 aliphatic rings. The molecule has 0 radical (unpaired) electrons. The summed E-state index contributed by atoms with van der Waals surface area (Å²) in [5, 5.41) is 0.700. The lowest BCUT2D eigenvalue weighted by atomic mass is 9.92. The molecule has 39 heavy (non-hydrogen) atoms. The minimum absolute atomic E-state index is 0.147. The molecule has 0 bridgehead atoms. The van der Waals surface area contributed by atoms with Crippen LogP contribution < -0.4 is 4.74 Å². The number of halogens is 1. The first-order valence-electron chi connectivity index (χ1n) is 13.5. The van der Waals surface area contributed by atoms with Gasteiger partial charge >= 0.3 is 11.9 Å². The SMILES string of the molecule is CCOC(=O)CCCCC(C=Cc1ccccc1OCc1ccc(Cl)cc1)Cc1ccc(C(=O)OCC)cc1. The molecule has 0 heterocycles. The molecule has 0 saturated heterocycles. The van der Waals surface area contributed by atoms with Crippen LogP contribution in [-0.4, -0.2) is 25.2 Å². The van der Waals surface area contributed by atoms with E-state index in [1.807, 2.05) is 79.7 Å². The fraction of sp³-hybridized carbons (Fsp3) is 0.333. The van der Waals surface area contributed by atoms with Crippen LogP contribution in [0.5, 0.6) is 5.75 Å². The Hall–Kier alpha value is -3.57. The van der Waals surface area contributed by atoms with Crippen LogP contribution >= 0.6 is 11.6 Å². The van der Waals surface area contributed by atoms with Crippen LogP contribution in [0.4, 0.5) is 0 Å². The first kappa shape index (κ1) is 30.0. The van der Waals surface area contributed by atoms with Crippen molar-refractivity contribution in [2.75, 3.05) is 13.2 Å². The summed E-state index contributed by atoms with van der Waals surface area (Å²) in [4.78, 5) is 23.8. The molecule has 5 nitrogen and oxygen atoms in total. The molecule has 0 amide bonds. The number of para-hydroxylation sites is 1. The van der Waals surface area contributed by atoms with E-state index in [4.69, 9.17) is 25.8 Å². The lowest BCUT2D eigenvalue weighted by molar-refractivity contribution is -0.143. The fourth-order valence-corrected chi connectivity index (χ4v) is 4.33. The number of ether oxygens (including phenoxy) is 3. The monoisotopic (exact) mass is 548 g/mol. The molecule has 6 heteroatoms. The molecule has 1 unspecified atom stereocenters. The van der Waals surface area contributed by atoms with E-state index in [-0.39, 0.29) is 17.9 Å². The molecule has 206 valence electrons. The zero-order chi connectivity index (χ0) is 27.9. The van der Waals surface area contributed by atoms with Crippen LogP contribution in [0.2, 0.25) is 5.02 Å². The molecule has 3 aromatic carbocycles. The Morgan fingerprint density at radius 2 is 1.54 bits per heavy atom. The van der Waals surface area contributed by atoms with Crippen molar-refractivity contribution in [3.05, 3.63) is 106 Å². The van der Waals surface area contributed by atoms with Crippen LogP contribution in [0, 0.1) is 5.92 Å². The predicted molar refractivity (Wildman–Crippen MR) is 156 cm³/mol. The molecule has 0 aliphatic heterocycles. The molecule has 0 spiro atoms. The Bertz CT molecular complexity index is 1200. The highest BCUT2D eigenvalue weighted by Crippen LogP contribution is 2.25. The number of rotatable bonds is 15. The molecule has 0 aromatic heterocycles. The van der Waals surface area contributed by atoms with E-state index >= 15 is 0 Å². The van der Waals surface area contributed by atoms with Crippen molar-refractivity contribution in [3.63, 3.8) is 0 Å². The van der Waals surface area contributed by atoms with Gasteiger partial charge in [0.2, 0.25) is 0 Å². The smallest absolute Gasteiger partial charge is 0.338 e. The van der Waals surface area contributed by atoms with Gasteiger partial charge in [-0.25, -0.2) is 4.79 Å². The summed E-state index contributed by atoms with van der Waals surface area (Å²) in [6.45, 7) is 4.83. The molecular weight excluding hydrogens is 512 g/mol. The highest BCUT2D eigenvalue weighted by molar-refractivity contribution is 6.30. The number of esters is 2. The van der Waals surface area contributed by atoms with Crippen LogP contribution in [0.1, 0.15) is 66.6 Å². The van der Waals surface area contributed by atoms with Gasteiger partial charge in [-0.05, 0) is 80.5 Å². The molecule has 0 aliphatic carbocycles. The highest BCUT2D eigenvalue weighted by atomic mass is 35.5. The highest BCUT2D eigenvalue weighted by Gasteiger charge is 2.11. The number of unbranched alkanes of at least 4 members (excludes halogenated alkanes) is 1. The van der Waals surface area contributed by atoms with Crippen LogP contribution in [0.3, 0.4) is 0 Å². The second-order valence-corrected chi connectivity index (χ2v) is 9.68. The number of allylic oxidation sites excluding steroid dienone is 1. The van der Waals surface area contributed by atoms with E-state index in [1.54, 1.807) is 6.92 Å². The second-order valence-electron chi connectivity index (χ2n) is 9.24. The summed E-state index contributed by atoms with van der Waals surface area (Å²) < 4.78 is 16.3. The number of carbonyl (C=O) groups excluding carboxylic acids is 2. The summed E-state index contributed by atoms with van der Waals surface area (Å²) in [6.07, 6.45) is 8.18. The van der Waals surface area contributed by atoms with Gasteiger partial charge in [-0.15, -0.1) is 0 Å². The van der Waals surface area contributed by atoms with Crippen molar-refractivity contribution in [1.82, 2.24) is 0 Å². The van der Waals surface area contributed by atoms with E-state index < -0.39 is 0 Å². The third-order valence-electron chi connectivity index (χ3n) is 6.25. The maximum atomic E-state index is 12.0. The largest absolute Gasteiger partial charge is 0.488 e. The average molecular weight is 549 g/mol. The van der Waals surface area contributed by atoms with Crippen LogP contribution in [0.25, 0.3) is 6.08 Å². The van der Waals surface area contributed by atoms with Gasteiger partial charge in [-0.3, -0.25) is 4.79 Å². The first-order chi connectivity index (χ1) is 19.0. The summed E-state index contributed by atoms with van der Waals surface area (Å²) in [5.41, 5.74) is 3.73. The first-order valence-corrected chi connectivity index (χ1v) is 13.9. The van der Waals surface area contributed by atoms with E-state index in [0.29, 0.717) is 36.8 Å². The quantitative estimate of drug-likeness (QED) is 0.142. The number of hydrogen-bond donors (Lipinski definition) is 0. The Labute approximate surface area is 236 Å². The van der Waals surface area contributed by atoms with Crippen molar-refractivity contribution in [1.29, 1.82) is 0 Å². The van der Waals surface area contributed by atoms with Gasteiger partial charge in [0.25, 0.3) is 0 Å².